The van der Waals surface area contributed by atoms with Crippen LogP contribution in [0.15, 0.2) is 24.3 Å². The van der Waals surface area contributed by atoms with Crippen LogP contribution in [0, 0.1) is 5.82 Å². The molecule has 0 aliphatic heterocycles. The van der Waals surface area contributed by atoms with Gasteiger partial charge >= 0.3 is 5.97 Å². The molecule has 1 aromatic carbocycles. The fraction of sp³-hybridized carbons (Fsp3) is 0.417. The molecule has 0 amide bonds. The van der Waals surface area contributed by atoms with Gasteiger partial charge in [0.05, 0.1) is 13.2 Å². The fourth-order valence-corrected chi connectivity index (χ4v) is 1.41. The third-order valence-corrected chi connectivity index (χ3v) is 2.44. The van der Waals surface area contributed by atoms with Crippen molar-refractivity contribution in [1.82, 2.24) is 0 Å². The Kier molecular flexibility index (Phi) is 3.19. The van der Waals surface area contributed by atoms with Crippen molar-refractivity contribution in [2.24, 2.45) is 0 Å². The third kappa shape index (κ3) is 2.58. The predicted octanol–water partition coefficient (Wildman–Crippen LogP) is 2.22. The molecule has 0 heterocycles. The van der Waals surface area contributed by atoms with Crippen molar-refractivity contribution < 1.29 is 18.7 Å². The molecule has 1 aliphatic rings. The first-order chi connectivity index (χ1) is 7.70. The van der Waals surface area contributed by atoms with Crippen LogP contribution < -0.4 is 0 Å². The quantitative estimate of drug-likeness (QED) is 0.735. The van der Waals surface area contributed by atoms with Crippen LogP contribution in [0.4, 0.5) is 4.39 Å². The van der Waals surface area contributed by atoms with Gasteiger partial charge in [-0.1, -0.05) is 12.1 Å². The average Bonchev–Trinajstić information content (AvgIpc) is 3.10. The molecule has 1 unspecified atom stereocenters. The molecule has 0 N–H and O–H groups in total. The van der Waals surface area contributed by atoms with E-state index in [2.05, 4.69) is 4.74 Å². The average molecular weight is 224 g/mol. The number of rotatable bonds is 4. The van der Waals surface area contributed by atoms with E-state index in [1.54, 1.807) is 12.1 Å². The lowest BCUT2D eigenvalue weighted by atomic mass is 10.1. The van der Waals surface area contributed by atoms with E-state index in [9.17, 15) is 9.18 Å². The summed E-state index contributed by atoms with van der Waals surface area (Å²) in [5.41, 5.74) is 0.625. The monoisotopic (exact) mass is 224 g/mol. The second-order valence-corrected chi connectivity index (χ2v) is 3.79. The van der Waals surface area contributed by atoms with Crippen LogP contribution in [0.3, 0.4) is 0 Å². The Labute approximate surface area is 93.2 Å². The molecule has 16 heavy (non-hydrogen) atoms. The van der Waals surface area contributed by atoms with Gasteiger partial charge in [-0.2, -0.15) is 0 Å². The van der Waals surface area contributed by atoms with E-state index < -0.39 is 12.1 Å². The van der Waals surface area contributed by atoms with Crippen molar-refractivity contribution in [3.05, 3.63) is 35.6 Å². The first kappa shape index (κ1) is 11.1. The zero-order chi connectivity index (χ0) is 11.5. The Bertz CT molecular complexity index is 370. The molecule has 0 saturated heterocycles. The van der Waals surface area contributed by atoms with Crippen molar-refractivity contribution >= 4 is 5.97 Å². The van der Waals surface area contributed by atoms with Crippen LogP contribution in [-0.4, -0.2) is 19.2 Å². The number of hydrogen-bond donors (Lipinski definition) is 0. The molecule has 0 aromatic heterocycles. The highest BCUT2D eigenvalue weighted by atomic mass is 19.1. The Morgan fingerprint density at radius 2 is 2.00 bits per heavy atom. The zero-order valence-electron chi connectivity index (χ0n) is 8.98. The topological polar surface area (TPSA) is 35.5 Å². The molecule has 1 fully saturated rings. The number of ether oxygens (including phenoxy) is 2. The minimum Gasteiger partial charge on any atom is -0.467 e. The summed E-state index contributed by atoms with van der Waals surface area (Å²) < 4.78 is 23.0. The molecule has 0 spiro atoms. The van der Waals surface area contributed by atoms with Gasteiger partial charge in [0.25, 0.3) is 0 Å². The van der Waals surface area contributed by atoms with Crippen molar-refractivity contribution in [2.45, 2.75) is 25.0 Å². The van der Waals surface area contributed by atoms with Crippen LogP contribution in [0.25, 0.3) is 0 Å². The number of hydrogen-bond acceptors (Lipinski definition) is 3. The summed E-state index contributed by atoms with van der Waals surface area (Å²) >= 11 is 0. The molecule has 1 aliphatic carbocycles. The smallest absolute Gasteiger partial charge is 0.339 e. The summed E-state index contributed by atoms with van der Waals surface area (Å²) in [7, 11) is 1.31. The van der Waals surface area contributed by atoms with Gasteiger partial charge in [0.15, 0.2) is 6.10 Å². The number of esters is 1. The van der Waals surface area contributed by atoms with E-state index in [1.165, 1.54) is 19.2 Å². The Morgan fingerprint density at radius 1 is 1.38 bits per heavy atom. The van der Waals surface area contributed by atoms with Crippen LogP contribution >= 0.6 is 0 Å². The molecular weight excluding hydrogens is 211 g/mol. The van der Waals surface area contributed by atoms with Crippen LogP contribution in [0.1, 0.15) is 24.5 Å². The van der Waals surface area contributed by atoms with E-state index >= 15 is 0 Å². The maximum absolute atomic E-state index is 12.8. The number of methoxy groups -OCH3 is 1. The first-order valence-electron chi connectivity index (χ1n) is 5.19. The molecule has 1 aromatic rings. The Hall–Kier alpha value is -1.42. The SMILES string of the molecule is COC(=O)C(OC1CC1)c1ccc(F)cc1. The molecular formula is C12H13FO3. The summed E-state index contributed by atoms with van der Waals surface area (Å²) in [6, 6.07) is 5.70. The van der Waals surface area contributed by atoms with Gasteiger partial charge in [-0.05, 0) is 30.5 Å². The summed E-state index contributed by atoms with van der Waals surface area (Å²) in [5, 5.41) is 0. The number of carbonyl (C=O) groups excluding carboxylic acids is 1. The molecule has 3 nitrogen and oxygen atoms in total. The molecule has 1 atom stereocenters. The number of halogens is 1. The van der Waals surface area contributed by atoms with Crippen molar-refractivity contribution in [3.63, 3.8) is 0 Å². The molecule has 4 heteroatoms. The van der Waals surface area contributed by atoms with Gasteiger partial charge in [0.1, 0.15) is 5.82 Å². The van der Waals surface area contributed by atoms with Crippen LogP contribution in [0.2, 0.25) is 0 Å². The lowest BCUT2D eigenvalue weighted by molar-refractivity contribution is -0.155. The minimum absolute atomic E-state index is 0.133. The number of carbonyl (C=O) groups is 1. The maximum atomic E-state index is 12.8. The molecule has 1 saturated carbocycles. The van der Waals surface area contributed by atoms with Gasteiger partial charge in [0.2, 0.25) is 0 Å². The summed E-state index contributed by atoms with van der Waals surface area (Å²) in [6.45, 7) is 0. The fourth-order valence-electron chi connectivity index (χ4n) is 1.41. The van der Waals surface area contributed by atoms with Crippen LogP contribution in [-0.2, 0) is 14.3 Å². The van der Waals surface area contributed by atoms with Crippen molar-refractivity contribution in [1.29, 1.82) is 0 Å². The second kappa shape index (κ2) is 4.61. The van der Waals surface area contributed by atoms with E-state index in [1.807, 2.05) is 0 Å². The highest BCUT2D eigenvalue weighted by molar-refractivity contribution is 5.76. The van der Waals surface area contributed by atoms with Gasteiger partial charge in [-0.25, -0.2) is 9.18 Å². The van der Waals surface area contributed by atoms with Crippen molar-refractivity contribution in [3.8, 4) is 0 Å². The standard InChI is InChI=1S/C12H13FO3/c1-15-12(14)11(16-10-6-7-10)8-2-4-9(13)5-3-8/h2-5,10-11H,6-7H2,1H3. The van der Waals surface area contributed by atoms with Crippen molar-refractivity contribution in [2.75, 3.05) is 7.11 Å². The molecule has 86 valence electrons. The predicted molar refractivity (Wildman–Crippen MR) is 55.3 cm³/mol. The zero-order valence-corrected chi connectivity index (χ0v) is 8.98. The lowest BCUT2D eigenvalue weighted by Crippen LogP contribution is -2.18. The second-order valence-electron chi connectivity index (χ2n) is 3.79. The lowest BCUT2D eigenvalue weighted by Gasteiger charge is -2.15. The highest BCUT2D eigenvalue weighted by Crippen LogP contribution is 2.31. The number of benzene rings is 1. The Morgan fingerprint density at radius 3 is 2.50 bits per heavy atom. The van der Waals surface area contributed by atoms with Gasteiger partial charge in [-0.15, -0.1) is 0 Å². The van der Waals surface area contributed by atoms with Gasteiger partial charge in [-0.3, -0.25) is 0 Å². The normalized spacial score (nSPS) is 16.9. The van der Waals surface area contributed by atoms with E-state index in [0.717, 1.165) is 12.8 Å². The highest BCUT2D eigenvalue weighted by Gasteiger charge is 2.31. The minimum atomic E-state index is -0.738. The summed E-state index contributed by atoms with van der Waals surface area (Å²) in [6.07, 6.45) is 1.33. The first-order valence-corrected chi connectivity index (χ1v) is 5.19. The van der Waals surface area contributed by atoms with E-state index in [4.69, 9.17) is 4.74 Å². The van der Waals surface area contributed by atoms with Gasteiger partial charge < -0.3 is 9.47 Å². The largest absolute Gasteiger partial charge is 0.467 e. The Balaban J connectivity index is 2.15. The van der Waals surface area contributed by atoms with Gasteiger partial charge in [0, 0.05) is 0 Å². The summed E-state index contributed by atoms with van der Waals surface area (Å²) in [4.78, 5) is 11.5. The maximum Gasteiger partial charge on any atom is 0.339 e. The molecule has 0 bridgehead atoms. The molecule has 0 radical (unpaired) electrons. The van der Waals surface area contributed by atoms with E-state index in [0.29, 0.717) is 5.56 Å². The van der Waals surface area contributed by atoms with E-state index in [-0.39, 0.29) is 11.9 Å². The third-order valence-electron chi connectivity index (χ3n) is 2.44. The van der Waals surface area contributed by atoms with Crippen LogP contribution in [0.5, 0.6) is 0 Å². The molecule has 2 rings (SSSR count). The summed E-state index contributed by atoms with van der Waals surface area (Å²) in [5.74, 6) is -0.780.